The van der Waals surface area contributed by atoms with Gasteiger partial charge in [0.2, 0.25) is 0 Å². The van der Waals surface area contributed by atoms with Crippen LogP contribution in [0.1, 0.15) is 44.6 Å². The number of para-hydroxylation sites is 1. The maximum atomic E-state index is 6.06. The Balaban J connectivity index is 2.12. The van der Waals surface area contributed by atoms with E-state index in [0.29, 0.717) is 6.04 Å². The average Bonchev–Trinajstić information content (AvgIpc) is 2.90. The summed E-state index contributed by atoms with van der Waals surface area (Å²) >= 11 is 0. The molecule has 0 spiro atoms. The molecule has 2 aromatic rings. The van der Waals surface area contributed by atoms with Gasteiger partial charge in [0.15, 0.2) is 0 Å². The molecule has 1 aromatic carbocycles. The fourth-order valence-corrected chi connectivity index (χ4v) is 2.47. The van der Waals surface area contributed by atoms with Gasteiger partial charge < -0.3 is 5.73 Å². The molecule has 21 heavy (non-hydrogen) atoms. The first kappa shape index (κ1) is 15.5. The number of anilines is 1. The molecule has 0 fully saturated rings. The standard InChI is InChI=1S/C16H25N5/c1-4-9-20(10-14-7-5-6-8-15(14)17)11-16-18-12-19-21(16)13(2)3/h5-8,12-13H,4,9-11,17H2,1-3H3. The summed E-state index contributed by atoms with van der Waals surface area (Å²) in [6.45, 7) is 9.08. The number of hydrogen-bond acceptors (Lipinski definition) is 4. The van der Waals surface area contributed by atoms with Crippen molar-refractivity contribution >= 4 is 5.69 Å². The molecule has 2 N–H and O–H groups in total. The van der Waals surface area contributed by atoms with E-state index in [9.17, 15) is 0 Å². The van der Waals surface area contributed by atoms with E-state index in [4.69, 9.17) is 5.73 Å². The minimum absolute atomic E-state index is 0.327. The van der Waals surface area contributed by atoms with Crippen molar-refractivity contribution in [2.75, 3.05) is 12.3 Å². The lowest BCUT2D eigenvalue weighted by Crippen LogP contribution is -2.26. The number of nitrogens with zero attached hydrogens (tertiary/aromatic N) is 4. The number of nitrogen functional groups attached to an aromatic ring is 1. The molecule has 0 radical (unpaired) electrons. The van der Waals surface area contributed by atoms with Gasteiger partial charge in [0.05, 0.1) is 6.54 Å². The maximum Gasteiger partial charge on any atom is 0.141 e. The average molecular weight is 287 g/mol. The molecule has 0 amide bonds. The predicted octanol–water partition coefficient (Wildman–Crippen LogP) is 2.85. The molecule has 1 heterocycles. The first-order valence-corrected chi connectivity index (χ1v) is 7.56. The van der Waals surface area contributed by atoms with Gasteiger partial charge in [0.1, 0.15) is 12.2 Å². The van der Waals surface area contributed by atoms with E-state index in [0.717, 1.165) is 37.6 Å². The van der Waals surface area contributed by atoms with Gasteiger partial charge in [-0.25, -0.2) is 9.67 Å². The van der Waals surface area contributed by atoms with Crippen molar-refractivity contribution in [1.82, 2.24) is 19.7 Å². The van der Waals surface area contributed by atoms with Crippen molar-refractivity contribution in [1.29, 1.82) is 0 Å². The highest BCUT2D eigenvalue weighted by atomic mass is 15.4. The van der Waals surface area contributed by atoms with Crippen LogP contribution < -0.4 is 5.73 Å². The van der Waals surface area contributed by atoms with Gasteiger partial charge in [-0.05, 0) is 38.4 Å². The topological polar surface area (TPSA) is 60.0 Å². The molecule has 0 unspecified atom stereocenters. The molecule has 114 valence electrons. The quantitative estimate of drug-likeness (QED) is 0.795. The molecule has 0 aliphatic heterocycles. The summed E-state index contributed by atoms with van der Waals surface area (Å²) in [6, 6.07) is 8.37. The third-order valence-corrected chi connectivity index (χ3v) is 3.49. The Hall–Kier alpha value is -1.88. The summed E-state index contributed by atoms with van der Waals surface area (Å²) in [4.78, 5) is 6.77. The van der Waals surface area contributed by atoms with Crippen molar-refractivity contribution in [2.24, 2.45) is 0 Å². The van der Waals surface area contributed by atoms with Crippen LogP contribution in [0, 0.1) is 0 Å². The van der Waals surface area contributed by atoms with E-state index in [1.54, 1.807) is 6.33 Å². The van der Waals surface area contributed by atoms with Crippen LogP contribution in [0.3, 0.4) is 0 Å². The van der Waals surface area contributed by atoms with Gasteiger partial charge >= 0.3 is 0 Å². The summed E-state index contributed by atoms with van der Waals surface area (Å²) in [5.41, 5.74) is 8.08. The van der Waals surface area contributed by atoms with E-state index in [-0.39, 0.29) is 0 Å². The van der Waals surface area contributed by atoms with Crippen molar-refractivity contribution in [3.8, 4) is 0 Å². The lowest BCUT2D eigenvalue weighted by molar-refractivity contribution is 0.244. The normalized spacial score (nSPS) is 11.5. The van der Waals surface area contributed by atoms with Gasteiger partial charge in [-0.2, -0.15) is 5.10 Å². The molecular weight excluding hydrogens is 262 g/mol. The Kier molecular flexibility index (Phi) is 5.33. The zero-order valence-electron chi connectivity index (χ0n) is 13.2. The fourth-order valence-electron chi connectivity index (χ4n) is 2.47. The van der Waals surface area contributed by atoms with E-state index in [2.05, 4.69) is 41.8 Å². The van der Waals surface area contributed by atoms with Crippen LogP contribution in [0.4, 0.5) is 5.69 Å². The molecule has 1 aromatic heterocycles. The monoisotopic (exact) mass is 287 g/mol. The number of rotatable bonds is 7. The highest BCUT2D eigenvalue weighted by Crippen LogP contribution is 2.16. The molecule has 0 bridgehead atoms. The molecule has 0 aliphatic carbocycles. The molecule has 0 saturated carbocycles. The van der Waals surface area contributed by atoms with Gasteiger partial charge in [-0.1, -0.05) is 25.1 Å². The van der Waals surface area contributed by atoms with E-state index in [1.807, 2.05) is 22.9 Å². The molecule has 2 rings (SSSR count). The Bertz CT molecular complexity index is 561. The fraction of sp³-hybridized carbons (Fsp3) is 0.500. The van der Waals surface area contributed by atoms with Crippen LogP contribution in [-0.4, -0.2) is 26.2 Å². The summed E-state index contributed by atoms with van der Waals surface area (Å²) in [7, 11) is 0. The molecule has 5 heteroatoms. The third kappa shape index (κ3) is 4.04. The van der Waals surface area contributed by atoms with Crippen molar-refractivity contribution in [3.05, 3.63) is 42.0 Å². The summed E-state index contributed by atoms with van der Waals surface area (Å²) < 4.78 is 1.98. The van der Waals surface area contributed by atoms with Gasteiger partial charge in [-0.3, -0.25) is 4.90 Å². The van der Waals surface area contributed by atoms with Crippen LogP contribution in [0.2, 0.25) is 0 Å². The maximum absolute atomic E-state index is 6.06. The molecule has 0 atom stereocenters. The Morgan fingerprint density at radius 1 is 1.24 bits per heavy atom. The van der Waals surface area contributed by atoms with Crippen molar-refractivity contribution in [2.45, 2.75) is 46.3 Å². The summed E-state index contributed by atoms with van der Waals surface area (Å²) in [6.07, 6.45) is 2.74. The minimum Gasteiger partial charge on any atom is -0.398 e. The largest absolute Gasteiger partial charge is 0.398 e. The number of nitrogens with two attached hydrogens (primary N) is 1. The van der Waals surface area contributed by atoms with E-state index < -0.39 is 0 Å². The van der Waals surface area contributed by atoms with Crippen LogP contribution >= 0.6 is 0 Å². The SMILES string of the molecule is CCCN(Cc1ccccc1N)Cc1ncnn1C(C)C. The lowest BCUT2D eigenvalue weighted by Gasteiger charge is -2.23. The van der Waals surface area contributed by atoms with Crippen molar-refractivity contribution < 1.29 is 0 Å². The summed E-state index contributed by atoms with van der Waals surface area (Å²) in [5, 5.41) is 4.31. The molecule has 0 saturated heterocycles. The first-order chi connectivity index (χ1) is 10.1. The zero-order valence-corrected chi connectivity index (χ0v) is 13.2. The highest BCUT2D eigenvalue weighted by molar-refractivity contribution is 5.46. The lowest BCUT2D eigenvalue weighted by atomic mass is 10.1. The minimum atomic E-state index is 0.327. The smallest absolute Gasteiger partial charge is 0.141 e. The molecule has 0 aliphatic rings. The van der Waals surface area contributed by atoms with Gasteiger partial charge in [0.25, 0.3) is 0 Å². The van der Waals surface area contributed by atoms with E-state index >= 15 is 0 Å². The Labute approximate surface area is 126 Å². The third-order valence-electron chi connectivity index (χ3n) is 3.49. The number of benzene rings is 1. The zero-order chi connectivity index (χ0) is 15.2. The first-order valence-electron chi connectivity index (χ1n) is 7.56. The predicted molar refractivity (Wildman–Crippen MR) is 85.7 cm³/mol. The number of aromatic nitrogens is 3. The van der Waals surface area contributed by atoms with Crippen LogP contribution in [-0.2, 0) is 13.1 Å². The second-order valence-corrected chi connectivity index (χ2v) is 5.62. The Morgan fingerprint density at radius 3 is 2.67 bits per heavy atom. The van der Waals surface area contributed by atoms with Gasteiger partial charge in [0, 0.05) is 18.3 Å². The Morgan fingerprint density at radius 2 is 2.00 bits per heavy atom. The molecule has 5 nitrogen and oxygen atoms in total. The second kappa shape index (κ2) is 7.22. The second-order valence-electron chi connectivity index (χ2n) is 5.62. The van der Waals surface area contributed by atoms with Crippen molar-refractivity contribution in [3.63, 3.8) is 0 Å². The van der Waals surface area contributed by atoms with Crippen LogP contribution in [0.15, 0.2) is 30.6 Å². The summed E-state index contributed by atoms with van der Waals surface area (Å²) in [5.74, 6) is 1.01. The van der Waals surface area contributed by atoms with E-state index in [1.165, 1.54) is 5.56 Å². The van der Waals surface area contributed by atoms with Crippen LogP contribution in [0.5, 0.6) is 0 Å². The van der Waals surface area contributed by atoms with Crippen LogP contribution in [0.25, 0.3) is 0 Å². The highest BCUT2D eigenvalue weighted by Gasteiger charge is 2.13. The van der Waals surface area contributed by atoms with Gasteiger partial charge in [-0.15, -0.1) is 0 Å². The molecular formula is C16H25N5. The number of hydrogen-bond donors (Lipinski definition) is 1.